The third-order valence-corrected chi connectivity index (χ3v) is 11.3. The molecule has 3 aromatic rings. The average Bonchev–Trinajstić information content (AvgIpc) is 3.12. The van der Waals surface area contributed by atoms with E-state index in [1.807, 2.05) is 32.0 Å². The molecule has 3 aromatic carbocycles. The smallest absolute Gasteiger partial charge is 0.245 e. The molecule has 0 aromatic heterocycles. The summed E-state index contributed by atoms with van der Waals surface area (Å²) in [5, 5.41) is 2.97. The van der Waals surface area contributed by atoms with Crippen molar-refractivity contribution >= 4 is 21.8 Å². The van der Waals surface area contributed by atoms with Gasteiger partial charge in [0.1, 0.15) is 19.3 Å². The zero-order chi connectivity index (χ0) is 35.8. The Morgan fingerprint density at radius 2 is 1.50 bits per heavy atom. The van der Waals surface area contributed by atoms with Crippen LogP contribution >= 0.6 is 0 Å². The van der Waals surface area contributed by atoms with Gasteiger partial charge in [0.2, 0.25) is 21.8 Å². The van der Waals surface area contributed by atoms with Crippen molar-refractivity contribution in [1.82, 2.24) is 19.8 Å². The van der Waals surface area contributed by atoms with Crippen LogP contribution in [0.15, 0.2) is 65.6 Å². The third kappa shape index (κ3) is 9.44. The van der Waals surface area contributed by atoms with Gasteiger partial charge in [0.25, 0.3) is 0 Å². The summed E-state index contributed by atoms with van der Waals surface area (Å²) in [5.74, 6) is 0.382. The molecule has 11 heteroatoms. The molecule has 1 aliphatic heterocycles. The van der Waals surface area contributed by atoms with E-state index in [-0.39, 0.29) is 23.3 Å². The molecule has 10 nitrogen and oxygen atoms in total. The van der Waals surface area contributed by atoms with Crippen molar-refractivity contribution in [1.29, 1.82) is 0 Å². The molecule has 2 amide bonds. The molecule has 1 aliphatic carbocycles. The number of carbonyl (C=O) groups excluding carboxylic acids is 2. The molecule has 5 rings (SSSR count). The fraction of sp³-hybridized carbons (Fsp3) is 0.487. The molecular weight excluding hydrogens is 653 g/mol. The summed E-state index contributed by atoms with van der Waals surface area (Å²) in [4.78, 5) is 31.7. The zero-order valence-electron chi connectivity index (χ0n) is 30.0. The molecule has 2 N–H and O–H groups in total. The second-order valence-electron chi connectivity index (χ2n) is 13.6. The Kier molecular flexibility index (Phi) is 12.6. The molecule has 0 saturated carbocycles. The number of benzene rings is 3. The number of hydrogen-bond donors (Lipinski definition) is 2. The van der Waals surface area contributed by atoms with Gasteiger partial charge in [-0.2, -0.15) is 0 Å². The number of amides is 2. The molecule has 270 valence electrons. The molecule has 2 atom stereocenters. The van der Waals surface area contributed by atoms with E-state index in [0.717, 1.165) is 56.4 Å². The van der Waals surface area contributed by atoms with E-state index < -0.39 is 28.0 Å². The average molecular weight is 705 g/mol. The van der Waals surface area contributed by atoms with Gasteiger partial charge < -0.3 is 19.7 Å². The fourth-order valence-corrected chi connectivity index (χ4v) is 7.77. The largest absolute Gasteiger partial charge is 0.486 e. The van der Waals surface area contributed by atoms with Gasteiger partial charge in [0, 0.05) is 32.5 Å². The van der Waals surface area contributed by atoms with Gasteiger partial charge in [-0.15, -0.1) is 0 Å². The second-order valence-corrected chi connectivity index (χ2v) is 15.3. The van der Waals surface area contributed by atoms with Crippen molar-refractivity contribution in [3.05, 3.63) is 88.5 Å². The van der Waals surface area contributed by atoms with Gasteiger partial charge in [-0.1, -0.05) is 50.2 Å². The Hall–Kier alpha value is -3.93. The molecule has 0 saturated heterocycles. The number of nitrogens with zero attached hydrogens (tertiary/aromatic N) is 2. The lowest BCUT2D eigenvalue weighted by Crippen LogP contribution is -2.50. The van der Waals surface area contributed by atoms with Crippen LogP contribution in [-0.2, 0) is 45.4 Å². The first-order valence-electron chi connectivity index (χ1n) is 17.9. The van der Waals surface area contributed by atoms with E-state index in [1.54, 1.807) is 42.3 Å². The van der Waals surface area contributed by atoms with E-state index in [0.29, 0.717) is 36.7 Å². The van der Waals surface area contributed by atoms with E-state index in [9.17, 15) is 18.0 Å². The second kappa shape index (κ2) is 16.9. The highest BCUT2D eigenvalue weighted by Gasteiger charge is 2.30. The monoisotopic (exact) mass is 704 g/mol. The van der Waals surface area contributed by atoms with Crippen LogP contribution in [0.5, 0.6) is 11.5 Å². The molecule has 0 radical (unpaired) electrons. The molecule has 0 fully saturated rings. The quantitative estimate of drug-likeness (QED) is 0.224. The first kappa shape index (κ1) is 37.3. The van der Waals surface area contributed by atoms with Crippen molar-refractivity contribution in [2.75, 3.05) is 33.4 Å². The Morgan fingerprint density at radius 3 is 2.18 bits per heavy atom. The number of ether oxygens (including phenoxy) is 2. The SMILES string of the molecule is CCN(CC)Cc1ccc(CC(NC(=O)CC(NS(=O)(=O)c2ccc3c(c2)CCCC3)c2ccc3c(c2)OCCO3)C(=O)N(C)C(C)C)cc1. The van der Waals surface area contributed by atoms with Crippen molar-refractivity contribution in [2.24, 2.45) is 0 Å². The highest BCUT2D eigenvalue weighted by atomic mass is 32.2. The summed E-state index contributed by atoms with van der Waals surface area (Å²) in [6.07, 6.45) is 3.96. The van der Waals surface area contributed by atoms with Crippen LogP contribution in [0.1, 0.15) is 80.8 Å². The molecule has 2 aliphatic rings. The van der Waals surface area contributed by atoms with Gasteiger partial charge in [-0.05, 0) is 105 Å². The Labute approximate surface area is 297 Å². The van der Waals surface area contributed by atoms with Crippen LogP contribution in [0.4, 0.5) is 0 Å². The van der Waals surface area contributed by atoms with Crippen LogP contribution in [0, 0.1) is 0 Å². The first-order chi connectivity index (χ1) is 24.0. The number of fused-ring (bicyclic) bond motifs is 2. The van der Waals surface area contributed by atoms with Crippen LogP contribution < -0.4 is 19.5 Å². The van der Waals surface area contributed by atoms with Gasteiger partial charge >= 0.3 is 0 Å². The number of nitrogens with one attached hydrogen (secondary N) is 2. The number of sulfonamides is 1. The maximum absolute atomic E-state index is 13.9. The number of carbonyl (C=O) groups is 2. The summed E-state index contributed by atoms with van der Waals surface area (Å²) in [7, 11) is -2.30. The van der Waals surface area contributed by atoms with Crippen molar-refractivity contribution in [3.8, 4) is 11.5 Å². The lowest BCUT2D eigenvalue weighted by molar-refractivity contribution is -0.136. The van der Waals surface area contributed by atoms with Crippen molar-refractivity contribution < 1.29 is 27.5 Å². The summed E-state index contributed by atoms with van der Waals surface area (Å²) < 4.78 is 42.1. The predicted octanol–water partition coefficient (Wildman–Crippen LogP) is 5.18. The van der Waals surface area contributed by atoms with E-state index in [4.69, 9.17) is 9.47 Å². The van der Waals surface area contributed by atoms with Crippen LogP contribution in [0.3, 0.4) is 0 Å². The summed E-state index contributed by atoms with van der Waals surface area (Å²) in [6.45, 7) is 11.7. The van der Waals surface area contributed by atoms with E-state index in [2.05, 4.69) is 40.9 Å². The minimum atomic E-state index is -4.02. The number of aryl methyl sites for hydroxylation is 2. The molecule has 50 heavy (non-hydrogen) atoms. The number of rotatable bonds is 15. The van der Waals surface area contributed by atoms with Crippen LogP contribution in [0.2, 0.25) is 0 Å². The topological polar surface area (TPSA) is 117 Å². The first-order valence-corrected chi connectivity index (χ1v) is 19.4. The predicted molar refractivity (Wildman–Crippen MR) is 195 cm³/mol. The lowest BCUT2D eigenvalue weighted by atomic mass is 9.92. The minimum absolute atomic E-state index is 0.0766. The van der Waals surface area contributed by atoms with E-state index in [1.165, 1.54) is 11.1 Å². The molecule has 1 heterocycles. The Balaban J connectivity index is 1.39. The summed E-state index contributed by atoms with van der Waals surface area (Å²) in [5.41, 5.74) is 4.87. The Morgan fingerprint density at radius 1 is 0.840 bits per heavy atom. The third-order valence-electron chi connectivity index (χ3n) is 9.80. The summed E-state index contributed by atoms with van der Waals surface area (Å²) >= 11 is 0. The number of hydrogen-bond acceptors (Lipinski definition) is 7. The van der Waals surface area contributed by atoms with E-state index >= 15 is 0 Å². The minimum Gasteiger partial charge on any atom is -0.486 e. The van der Waals surface area contributed by atoms with Gasteiger partial charge in [0.05, 0.1) is 10.9 Å². The molecular formula is C39H52N4O6S. The number of likely N-dealkylation sites (N-methyl/N-ethyl adjacent to an activating group) is 1. The van der Waals surface area contributed by atoms with Crippen molar-refractivity contribution in [2.45, 2.75) is 95.8 Å². The van der Waals surface area contributed by atoms with Crippen LogP contribution in [-0.4, -0.2) is 75.5 Å². The fourth-order valence-electron chi connectivity index (χ4n) is 6.50. The van der Waals surface area contributed by atoms with Crippen LogP contribution in [0.25, 0.3) is 0 Å². The summed E-state index contributed by atoms with van der Waals surface area (Å²) in [6, 6.07) is 16.8. The highest BCUT2D eigenvalue weighted by molar-refractivity contribution is 7.89. The highest BCUT2D eigenvalue weighted by Crippen LogP contribution is 2.34. The van der Waals surface area contributed by atoms with Gasteiger partial charge in [0.15, 0.2) is 11.5 Å². The molecule has 0 bridgehead atoms. The van der Waals surface area contributed by atoms with Crippen molar-refractivity contribution in [3.63, 3.8) is 0 Å². The normalized spacial score (nSPS) is 15.3. The standard InChI is InChI=1S/C39H52N4O6S/c1-6-43(7-2)26-29-14-12-28(13-15-29)22-35(39(45)42(5)27(3)4)40-38(44)25-34(32-17-19-36-37(24-32)49-21-20-48-36)41-50(46,47)33-18-16-30-10-8-9-11-31(30)23-33/h12-19,23-24,27,34-35,41H,6-11,20-22,25-26H2,1-5H3,(H,40,44). The van der Waals surface area contributed by atoms with Gasteiger partial charge in [-0.25, -0.2) is 13.1 Å². The van der Waals surface area contributed by atoms with Gasteiger partial charge in [-0.3, -0.25) is 14.5 Å². The Bertz CT molecular complexity index is 1740. The lowest BCUT2D eigenvalue weighted by Gasteiger charge is -2.28. The molecule has 0 spiro atoms. The zero-order valence-corrected chi connectivity index (χ0v) is 30.9. The molecule has 2 unspecified atom stereocenters. The maximum Gasteiger partial charge on any atom is 0.245 e. The maximum atomic E-state index is 13.9.